The topological polar surface area (TPSA) is 12.0 Å². The molecule has 3 aromatic carbocycles. The van der Waals surface area contributed by atoms with E-state index < -0.39 is 19.4 Å². The Morgan fingerprint density at radius 3 is 1.42 bits per heavy atom. The molecule has 5 rings (SSSR count). The second-order valence-corrected chi connectivity index (χ2v) is 42.5. The number of allylic oxidation sites excluding steroid dienone is 4. The molecule has 0 radical (unpaired) electrons. The van der Waals surface area contributed by atoms with Crippen molar-refractivity contribution in [3.05, 3.63) is 111 Å². The Hall–Kier alpha value is -1.81. The van der Waals surface area contributed by atoms with E-state index in [1.807, 2.05) is 15.5 Å². The van der Waals surface area contributed by atoms with Gasteiger partial charge in [0.25, 0.3) is 0 Å². The zero-order chi connectivity index (χ0) is 30.5. The minimum atomic E-state index is -2.84. The van der Waals surface area contributed by atoms with Gasteiger partial charge in [0.15, 0.2) is 0 Å². The van der Waals surface area contributed by atoms with Crippen LogP contribution in [0.25, 0.3) is 11.1 Å². The fraction of sp³-hybridized carbons (Fsp3) is 0.450. The Morgan fingerprint density at radius 1 is 0.581 bits per heavy atom. The van der Waals surface area contributed by atoms with Crippen LogP contribution >= 0.6 is 0 Å². The summed E-state index contributed by atoms with van der Waals surface area (Å²) in [6.07, 6.45) is 15.9. The van der Waals surface area contributed by atoms with E-state index in [0.29, 0.717) is 5.92 Å². The molecule has 3 aromatic rings. The molecule has 0 saturated heterocycles. The molecule has 0 amide bonds. The van der Waals surface area contributed by atoms with E-state index in [1.165, 1.54) is 81.8 Å². The summed E-state index contributed by atoms with van der Waals surface area (Å²) in [6, 6.07) is 33.1. The van der Waals surface area contributed by atoms with Gasteiger partial charge in [0.05, 0.1) is 0 Å². The molecule has 0 aliphatic heterocycles. The molecule has 2 atom stereocenters. The minimum absolute atomic E-state index is 0.299. The normalized spacial score (nSPS) is 20.7. The van der Waals surface area contributed by atoms with Crippen LogP contribution in [0.2, 0.25) is 4.68 Å². The predicted octanol–water partition coefficient (Wildman–Crippen LogP) is 10.4. The van der Waals surface area contributed by atoms with E-state index in [0.717, 1.165) is 6.04 Å². The molecule has 1 nitrogen and oxygen atoms in total. The van der Waals surface area contributed by atoms with Crippen LogP contribution in [0.3, 0.4) is 0 Å². The fourth-order valence-electron chi connectivity index (χ4n) is 7.50. The van der Waals surface area contributed by atoms with Crippen molar-refractivity contribution < 1.29 is 19.4 Å². The van der Waals surface area contributed by atoms with Gasteiger partial charge in [-0.25, -0.2) is 0 Å². The first kappa shape index (κ1) is 34.1. The number of nitrogens with one attached hydrogen (secondary N) is 1. The van der Waals surface area contributed by atoms with Crippen molar-refractivity contribution >= 4 is 11.9 Å². The number of rotatable bonds is 6. The zero-order valence-corrected chi connectivity index (χ0v) is 32.8. The molecule has 0 heterocycles. The van der Waals surface area contributed by atoms with Gasteiger partial charge in [-0.15, -0.1) is 0 Å². The van der Waals surface area contributed by atoms with Gasteiger partial charge in [-0.2, -0.15) is 0 Å². The fourth-order valence-corrected chi connectivity index (χ4v) is 43.3. The molecule has 230 valence electrons. The predicted molar refractivity (Wildman–Crippen MR) is 190 cm³/mol. The SMILES string of the molecule is CC1=C(C)C(C)[C]([Hf]([CH3])([NH]C2CCCCCCCCCCC2)[SiH2]c2ccccc2)=C1C.c1ccc(-c2ccccc2)cc1. The molecule has 2 aliphatic carbocycles. The molecular formula is C40H57HfNSi. The maximum Gasteiger partial charge on any atom is -0.0184 e. The molecular weight excluding hydrogens is 701 g/mol. The van der Waals surface area contributed by atoms with Crippen LogP contribution in [-0.2, 0) is 19.4 Å². The van der Waals surface area contributed by atoms with Gasteiger partial charge >= 0.3 is 200 Å². The van der Waals surface area contributed by atoms with Crippen molar-refractivity contribution in [1.29, 1.82) is 0 Å². The summed E-state index contributed by atoms with van der Waals surface area (Å²) >= 11 is -2.84. The third-order valence-electron chi connectivity index (χ3n) is 10.1. The van der Waals surface area contributed by atoms with Gasteiger partial charge in [-0.1, -0.05) is 60.7 Å². The first-order valence-corrected chi connectivity index (χ1v) is 33.4. The summed E-state index contributed by atoms with van der Waals surface area (Å²) in [4.78, 5) is 0. The van der Waals surface area contributed by atoms with Crippen LogP contribution in [0, 0.1) is 5.92 Å². The van der Waals surface area contributed by atoms with E-state index in [-0.39, 0.29) is 6.71 Å². The third-order valence-corrected chi connectivity index (χ3v) is 39.5. The van der Waals surface area contributed by atoms with E-state index in [9.17, 15) is 0 Å². The molecule has 1 N–H and O–H groups in total. The quantitative estimate of drug-likeness (QED) is 0.247. The summed E-state index contributed by atoms with van der Waals surface area (Å²) in [6.45, 7) is 9.42. The maximum absolute atomic E-state index is 4.58. The molecule has 2 unspecified atom stereocenters. The minimum Gasteiger partial charge on any atom is -0.0622 e. The van der Waals surface area contributed by atoms with Crippen LogP contribution in [0.15, 0.2) is 111 Å². The monoisotopic (exact) mass is 759 g/mol. The Bertz CT molecular complexity index is 1250. The van der Waals surface area contributed by atoms with Gasteiger partial charge in [-0.05, 0) is 11.1 Å². The van der Waals surface area contributed by atoms with E-state index in [1.54, 1.807) is 21.9 Å². The largest absolute Gasteiger partial charge is 0.0622 e. The van der Waals surface area contributed by atoms with E-state index >= 15 is 0 Å². The Kier molecular flexibility index (Phi) is 14.0. The van der Waals surface area contributed by atoms with Crippen molar-refractivity contribution in [2.24, 2.45) is 5.92 Å². The van der Waals surface area contributed by atoms with Gasteiger partial charge in [0, 0.05) is 0 Å². The third kappa shape index (κ3) is 10.1. The Morgan fingerprint density at radius 2 is 1.00 bits per heavy atom. The Labute approximate surface area is 270 Å². The van der Waals surface area contributed by atoms with Crippen molar-refractivity contribution in [3.8, 4) is 11.1 Å². The second-order valence-electron chi connectivity index (χ2n) is 13.4. The molecule has 0 spiro atoms. The van der Waals surface area contributed by atoms with Crippen LogP contribution in [0.1, 0.15) is 98.3 Å². The molecule has 0 aromatic heterocycles. The molecule has 0 bridgehead atoms. The zero-order valence-electron chi connectivity index (χ0n) is 27.8. The number of hydrogen-bond acceptors (Lipinski definition) is 1. The summed E-state index contributed by atoms with van der Waals surface area (Å²) < 4.78 is 9.28. The molecule has 1 fully saturated rings. The smallest absolute Gasteiger partial charge is 0.0184 e. The first-order valence-electron chi connectivity index (χ1n) is 17.2. The number of benzene rings is 3. The van der Waals surface area contributed by atoms with Crippen LogP contribution in [0.4, 0.5) is 0 Å². The average molecular weight is 758 g/mol. The average Bonchev–Trinajstić information content (AvgIpc) is 3.22. The maximum atomic E-state index is 4.58. The van der Waals surface area contributed by atoms with Gasteiger partial charge in [0.1, 0.15) is 0 Å². The van der Waals surface area contributed by atoms with Crippen molar-refractivity contribution in [3.63, 3.8) is 0 Å². The first-order chi connectivity index (χ1) is 20.9. The van der Waals surface area contributed by atoms with Crippen LogP contribution in [0.5, 0.6) is 0 Å². The van der Waals surface area contributed by atoms with Gasteiger partial charge in [-0.3, -0.25) is 0 Å². The Balaban J connectivity index is 0.000000292. The number of hydrogen-bond donors (Lipinski definition) is 1. The van der Waals surface area contributed by atoms with Crippen LogP contribution in [-0.4, -0.2) is 12.7 Å². The van der Waals surface area contributed by atoms with E-state index in [2.05, 4.69) is 115 Å². The van der Waals surface area contributed by atoms with Crippen LogP contribution < -0.4 is 8.49 Å². The molecule has 43 heavy (non-hydrogen) atoms. The van der Waals surface area contributed by atoms with Crippen molar-refractivity contribution in [2.45, 2.75) is 109 Å². The molecule has 2 aliphatic rings. The molecule has 1 saturated carbocycles. The summed E-state index contributed by atoms with van der Waals surface area (Å²) in [5.74, 6) is 0.668. The summed E-state index contributed by atoms with van der Waals surface area (Å²) in [5.41, 5.74) is 7.45. The summed E-state index contributed by atoms with van der Waals surface area (Å²) in [5, 5.41) is 1.68. The summed E-state index contributed by atoms with van der Waals surface area (Å²) in [7, 11) is 0. The van der Waals surface area contributed by atoms with Gasteiger partial charge in [0.2, 0.25) is 0 Å². The van der Waals surface area contributed by atoms with Crippen molar-refractivity contribution in [2.75, 3.05) is 0 Å². The standard InChI is InChI=1S/C12H24N.C12H10.C9H13.C6H7Si.CH3.Hf/c13-12-10-8-6-4-2-1-3-5-7-9-11-12;1-3-7-11(8-4-1)12-9-5-2-6-10-12;1-6-5-7(2)9(4)8(6)3;7-6-4-2-1-3-5-6;;/h12-13H,1-11H2;1-10H;6H,1-4H3;1-5H,7H2;1H3;/q-1;;;;;+1. The molecule has 3 heteroatoms. The second kappa shape index (κ2) is 17.6. The van der Waals surface area contributed by atoms with Crippen molar-refractivity contribution in [1.82, 2.24) is 3.30 Å². The van der Waals surface area contributed by atoms with Gasteiger partial charge < -0.3 is 0 Å². The van der Waals surface area contributed by atoms with E-state index in [4.69, 9.17) is 0 Å².